The highest BCUT2D eigenvalue weighted by Gasteiger charge is 2.07. The monoisotopic (exact) mass is 300 g/mol. The van der Waals surface area contributed by atoms with Crippen molar-refractivity contribution in [3.8, 4) is 11.5 Å². The maximum atomic E-state index is 12.1. The number of hydrogen-bond donors (Lipinski definition) is 2. The summed E-state index contributed by atoms with van der Waals surface area (Å²) in [6.07, 6.45) is 0. The number of ether oxygens (including phenoxy) is 2. The largest absolute Gasteiger partial charge is 0.497 e. The Morgan fingerprint density at radius 1 is 1.09 bits per heavy atom. The number of hydrogen-bond acceptors (Lipinski definition) is 4. The zero-order valence-electron chi connectivity index (χ0n) is 12.0. The second-order valence-corrected chi connectivity index (χ2v) is 4.47. The molecular weight excluding hydrogens is 284 g/mol. The second kappa shape index (κ2) is 7.12. The quantitative estimate of drug-likeness (QED) is 0.851. The predicted molar refractivity (Wildman–Crippen MR) is 82.1 cm³/mol. The summed E-state index contributed by atoms with van der Waals surface area (Å²) < 4.78 is 10.2. The Labute approximate surface area is 127 Å². The van der Waals surface area contributed by atoms with E-state index in [1.54, 1.807) is 55.6 Å². The fourth-order valence-corrected chi connectivity index (χ4v) is 1.76. The summed E-state index contributed by atoms with van der Waals surface area (Å²) in [5.41, 5.74) is 6.10. The number of amides is 2. The van der Waals surface area contributed by atoms with Crippen molar-refractivity contribution in [2.75, 3.05) is 19.0 Å². The Morgan fingerprint density at radius 3 is 2.45 bits per heavy atom. The molecular formula is C16H16N2O4. The molecule has 0 unspecified atom stereocenters. The third kappa shape index (κ3) is 4.24. The van der Waals surface area contributed by atoms with E-state index in [2.05, 4.69) is 5.32 Å². The molecule has 0 radical (unpaired) electrons. The molecule has 114 valence electrons. The van der Waals surface area contributed by atoms with Gasteiger partial charge in [0.2, 0.25) is 0 Å². The molecule has 3 N–H and O–H groups in total. The number of nitrogens with one attached hydrogen (secondary N) is 1. The Hall–Kier alpha value is -3.02. The normalized spacial score (nSPS) is 9.86. The van der Waals surface area contributed by atoms with E-state index in [1.807, 2.05) is 0 Å². The lowest BCUT2D eigenvalue weighted by atomic mass is 10.2. The molecule has 0 aliphatic heterocycles. The zero-order valence-corrected chi connectivity index (χ0v) is 12.0. The van der Waals surface area contributed by atoms with Crippen molar-refractivity contribution >= 4 is 17.5 Å². The molecule has 22 heavy (non-hydrogen) atoms. The van der Waals surface area contributed by atoms with Crippen LogP contribution < -0.4 is 20.5 Å². The summed E-state index contributed by atoms with van der Waals surface area (Å²) in [7, 11) is 1.54. The van der Waals surface area contributed by atoms with Crippen LogP contribution in [0, 0.1) is 0 Å². The Bertz CT molecular complexity index is 668. The van der Waals surface area contributed by atoms with Gasteiger partial charge in [-0.15, -0.1) is 0 Å². The van der Waals surface area contributed by atoms with E-state index >= 15 is 0 Å². The van der Waals surface area contributed by atoms with Crippen LogP contribution in [-0.4, -0.2) is 25.5 Å². The van der Waals surface area contributed by atoms with Crippen LogP contribution in [0.2, 0.25) is 0 Å². The van der Waals surface area contributed by atoms with Crippen LogP contribution in [0.4, 0.5) is 5.69 Å². The van der Waals surface area contributed by atoms with E-state index in [-0.39, 0.29) is 12.5 Å². The van der Waals surface area contributed by atoms with Crippen LogP contribution in [0.1, 0.15) is 10.4 Å². The molecule has 2 amide bonds. The van der Waals surface area contributed by atoms with E-state index in [9.17, 15) is 9.59 Å². The summed E-state index contributed by atoms with van der Waals surface area (Å²) in [5, 5.41) is 2.76. The van der Waals surface area contributed by atoms with Gasteiger partial charge in [-0.05, 0) is 42.5 Å². The fraction of sp³-hybridized carbons (Fsp3) is 0.125. The van der Waals surface area contributed by atoms with Crippen molar-refractivity contribution in [1.29, 1.82) is 0 Å². The van der Waals surface area contributed by atoms with E-state index in [4.69, 9.17) is 15.2 Å². The minimum atomic E-state index is -0.546. The van der Waals surface area contributed by atoms with E-state index < -0.39 is 5.91 Å². The average Bonchev–Trinajstić information content (AvgIpc) is 2.54. The number of anilines is 1. The van der Waals surface area contributed by atoms with Gasteiger partial charge in [0.1, 0.15) is 11.5 Å². The second-order valence-electron chi connectivity index (χ2n) is 4.47. The molecule has 0 fully saturated rings. The smallest absolute Gasteiger partial charge is 0.255 e. The maximum Gasteiger partial charge on any atom is 0.255 e. The SMILES string of the molecule is COc1cccc(C(=O)Nc2ccc(OCC(N)=O)cc2)c1. The molecule has 0 spiro atoms. The van der Waals surface area contributed by atoms with E-state index in [1.165, 1.54) is 0 Å². The topological polar surface area (TPSA) is 90.7 Å². The predicted octanol–water partition coefficient (Wildman–Crippen LogP) is 1.81. The number of benzene rings is 2. The maximum absolute atomic E-state index is 12.1. The summed E-state index contributed by atoms with van der Waals surface area (Å²) in [5.74, 6) is 0.320. The number of carbonyl (C=O) groups excluding carboxylic acids is 2. The van der Waals surface area contributed by atoms with Crippen LogP contribution in [0.25, 0.3) is 0 Å². The van der Waals surface area contributed by atoms with Gasteiger partial charge in [0.05, 0.1) is 7.11 Å². The lowest BCUT2D eigenvalue weighted by molar-refractivity contribution is -0.119. The number of rotatable bonds is 6. The molecule has 2 aromatic carbocycles. The van der Waals surface area contributed by atoms with Gasteiger partial charge in [-0.25, -0.2) is 0 Å². The molecule has 6 heteroatoms. The molecule has 2 aromatic rings. The van der Waals surface area contributed by atoms with Crippen molar-refractivity contribution in [2.24, 2.45) is 5.73 Å². The van der Waals surface area contributed by atoms with Crippen molar-refractivity contribution in [3.05, 3.63) is 54.1 Å². The van der Waals surface area contributed by atoms with Gasteiger partial charge >= 0.3 is 0 Å². The fourth-order valence-electron chi connectivity index (χ4n) is 1.76. The molecule has 6 nitrogen and oxygen atoms in total. The molecule has 2 rings (SSSR count). The first-order valence-electron chi connectivity index (χ1n) is 6.55. The van der Waals surface area contributed by atoms with Gasteiger partial charge in [-0.3, -0.25) is 9.59 Å². The first kappa shape index (κ1) is 15.4. The van der Waals surface area contributed by atoms with Gasteiger partial charge in [-0.1, -0.05) is 6.07 Å². The van der Waals surface area contributed by atoms with Gasteiger partial charge in [0.25, 0.3) is 11.8 Å². The minimum absolute atomic E-state index is 0.185. The van der Waals surface area contributed by atoms with Gasteiger partial charge in [-0.2, -0.15) is 0 Å². The molecule has 0 aliphatic rings. The highest BCUT2D eigenvalue weighted by molar-refractivity contribution is 6.04. The van der Waals surface area contributed by atoms with Crippen LogP contribution >= 0.6 is 0 Å². The van der Waals surface area contributed by atoms with Crippen LogP contribution in [0.3, 0.4) is 0 Å². The standard InChI is InChI=1S/C16H16N2O4/c1-21-14-4-2-3-11(9-14)16(20)18-12-5-7-13(8-6-12)22-10-15(17)19/h2-9H,10H2,1H3,(H2,17,19)(H,18,20). The summed E-state index contributed by atoms with van der Waals surface area (Å²) in [6, 6.07) is 13.5. The third-order valence-electron chi connectivity index (χ3n) is 2.83. The Morgan fingerprint density at radius 2 is 1.82 bits per heavy atom. The van der Waals surface area contributed by atoms with Gasteiger partial charge in [0.15, 0.2) is 6.61 Å². The number of nitrogens with two attached hydrogens (primary N) is 1. The summed E-state index contributed by atoms with van der Waals surface area (Å²) in [6.45, 7) is -0.185. The number of carbonyl (C=O) groups is 2. The lowest BCUT2D eigenvalue weighted by Gasteiger charge is -2.08. The average molecular weight is 300 g/mol. The summed E-state index contributed by atoms with van der Waals surface area (Å²) >= 11 is 0. The van der Waals surface area contributed by atoms with E-state index in [0.29, 0.717) is 22.7 Å². The van der Waals surface area contributed by atoms with Gasteiger partial charge in [0, 0.05) is 11.3 Å². The first-order valence-corrected chi connectivity index (χ1v) is 6.55. The number of primary amides is 1. The minimum Gasteiger partial charge on any atom is -0.497 e. The molecule has 0 aromatic heterocycles. The van der Waals surface area contributed by atoms with Crippen molar-refractivity contribution in [2.45, 2.75) is 0 Å². The molecule has 0 saturated carbocycles. The van der Waals surface area contributed by atoms with Crippen molar-refractivity contribution < 1.29 is 19.1 Å². The molecule has 0 bridgehead atoms. The molecule has 0 heterocycles. The van der Waals surface area contributed by atoms with Crippen LogP contribution in [0.15, 0.2) is 48.5 Å². The Kier molecular flexibility index (Phi) is 4.98. The van der Waals surface area contributed by atoms with Gasteiger partial charge < -0.3 is 20.5 Å². The summed E-state index contributed by atoms with van der Waals surface area (Å²) in [4.78, 5) is 22.7. The van der Waals surface area contributed by atoms with Crippen LogP contribution in [-0.2, 0) is 4.79 Å². The highest BCUT2D eigenvalue weighted by Crippen LogP contribution is 2.18. The van der Waals surface area contributed by atoms with Crippen molar-refractivity contribution in [3.63, 3.8) is 0 Å². The van der Waals surface area contributed by atoms with Crippen molar-refractivity contribution in [1.82, 2.24) is 0 Å². The zero-order chi connectivity index (χ0) is 15.9. The molecule has 0 aliphatic carbocycles. The first-order chi connectivity index (χ1) is 10.6. The Balaban J connectivity index is 2.00. The highest BCUT2D eigenvalue weighted by atomic mass is 16.5. The van der Waals surface area contributed by atoms with E-state index in [0.717, 1.165) is 0 Å². The third-order valence-corrected chi connectivity index (χ3v) is 2.83. The van der Waals surface area contributed by atoms with Crippen LogP contribution in [0.5, 0.6) is 11.5 Å². The molecule has 0 atom stereocenters. The molecule has 0 saturated heterocycles. The number of methoxy groups -OCH3 is 1. The lowest BCUT2D eigenvalue weighted by Crippen LogP contribution is -2.20.